The van der Waals surface area contributed by atoms with E-state index in [1.165, 1.54) is 11.1 Å². The summed E-state index contributed by atoms with van der Waals surface area (Å²) in [5.41, 5.74) is 5.66. The van der Waals surface area contributed by atoms with Crippen molar-refractivity contribution in [2.45, 2.75) is 31.7 Å². The highest BCUT2D eigenvalue weighted by atomic mass is 32.2. The summed E-state index contributed by atoms with van der Waals surface area (Å²) in [7, 11) is 0. The highest BCUT2D eigenvalue weighted by Crippen LogP contribution is 2.30. The molecule has 6 heteroatoms. The topological polar surface area (TPSA) is 43.6 Å². The maximum atomic E-state index is 4.56. The van der Waals surface area contributed by atoms with Gasteiger partial charge in [-0.1, -0.05) is 53.2 Å². The number of thiazole rings is 1. The summed E-state index contributed by atoms with van der Waals surface area (Å²) in [4.78, 5) is 4.56. The van der Waals surface area contributed by atoms with E-state index in [0.717, 1.165) is 38.7 Å². The molecule has 2 heterocycles. The Kier molecular flexibility index (Phi) is 5.09. The molecule has 0 aliphatic carbocycles. The first-order chi connectivity index (χ1) is 13.1. The first kappa shape index (κ1) is 17.9. The maximum absolute atomic E-state index is 4.56. The Hall–Kier alpha value is -2.44. The summed E-state index contributed by atoms with van der Waals surface area (Å²) in [6.45, 7) is 6.22. The largest absolute Gasteiger partial charge is 0.270 e. The molecule has 0 saturated heterocycles. The average molecular weight is 393 g/mol. The van der Waals surface area contributed by atoms with Gasteiger partial charge in [0, 0.05) is 22.4 Å². The second kappa shape index (κ2) is 7.66. The van der Waals surface area contributed by atoms with Crippen LogP contribution in [0, 0.1) is 20.8 Å². The summed E-state index contributed by atoms with van der Waals surface area (Å²) in [5, 5.41) is 13.1. The normalized spacial score (nSPS) is 11.1. The lowest BCUT2D eigenvalue weighted by molar-refractivity contribution is 0.885. The summed E-state index contributed by atoms with van der Waals surface area (Å²) < 4.78 is 2.14. The molecule has 0 unspecified atom stereocenters. The minimum absolute atomic E-state index is 0.780. The van der Waals surface area contributed by atoms with Gasteiger partial charge in [0.25, 0.3) is 0 Å². The molecule has 0 aliphatic heterocycles. The molecular weight excluding hydrogens is 372 g/mol. The lowest BCUT2D eigenvalue weighted by Gasteiger charge is -2.11. The van der Waals surface area contributed by atoms with Crippen LogP contribution >= 0.6 is 23.1 Å². The quantitative estimate of drug-likeness (QED) is 0.414. The van der Waals surface area contributed by atoms with E-state index >= 15 is 0 Å². The number of aromatic nitrogens is 4. The summed E-state index contributed by atoms with van der Waals surface area (Å²) in [6, 6.07) is 16.9. The van der Waals surface area contributed by atoms with Crippen LogP contribution in [0.4, 0.5) is 0 Å². The standard InChI is InChI=1S/C21H20N4S2/c1-14-7-9-19(10-8-14)25-20(17-6-4-5-15(2)11-17)23-24-21(25)27-13-18-12-26-16(3)22-18/h4-12H,13H2,1-3H3. The fourth-order valence-corrected chi connectivity index (χ4v) is 4.44. The zero-order chi connectivity index (χ0) is 18.8. The van der Waals surface area contributed by atoms with Gasteiger partial charge in [0.15, 0.2) is 11.0 Å². The molecule has 0 saturated carbocycles. The number of benzene rings is 2. The van der Waals surface area contributed by atoms with Crippen LogP contribution in [0.2, 0.25) is 0 Å². The van der Waals surface area contributed by atoms with E-state index in [2.05, 4.69) is 87.5 Å². The van der Waals surface area contributed by atoms with Crippen molar-refractivity contribution >= 4 is 23.1 Å². The van der Waals surface area contributed by atoms with Crippen LogP contribution in [0.1, 0.15) is 21.8 Å². The van der Waals surface area contributed by atoms with Gasteiger partial charge in [0.05, 0.1) is 10.7 Å². The van der Waals surface area contributed by atoms with Crippen LogP contribution in [0.3, 0.4) is 0 Å². The van der Waals surface area contributed by atoms with Gasteiger partial charge in [-0.15, -0.1) is 21.5 Å². The Morgan fingerprint density at radius 3 is 2.48 bits per heavy atom. The fraction of sp³-hybridized carbons (Fsp3) is 0.190. The van der Waals surface area contributed by atoms with E-state index in [1.807, 2.05) is 6.92 Å². The molecule has 0 spiro atoms. The van der Waals surface area contributed by atoms with Gasteiger partial charge in [-0.2, -0.15) is 0 Å². The maximum Gasteiger partial charge on any atom is 0.196 e. The summed E-state index contributed by atoms with van der Waals surface area (Å²) >= 11 is 3.34. The molecule has 4 aromatic rings. The number of thioether (sulfide) groups is 1. The minimum Gasteiger partial charge on any atom is -0.270 e. The predicted octanol–water partition coefficient (Wildman–Crippen LogP) is 5.61. The zero-order valence-electron chi connectivity index (χ0n) is 15.5. The molecule has 4 nitrogen and oxygen atoms in total. The predicted molar refractivity (Wildman–Crippen MR) is 113 cm³/mol. The van der Waals surface area contributed by atoms with Gasteiger partial charge >= 0.3 is 0 Å². The zero-order valence-corrected chi connectivity index (χ0v) is 17.1. The molecule has 0 bridgehead atoms. The third-order valence-corrected chi connectivity index (χ3v) is 6.00. The molecule has 0 radical (unpaired) electrons. The van der Waals surface area contributed by atoms with Gasteiger partial charge in [-0.3, -0.25) is 4.57 Å². The molecule has 0 fully saturated rings. The highest BCUT2D eigenvalue weighted by Gasteiger charge is 2.16. The smallest absolute Gasteiger partial charge is 0.196 e. The molecule has 0 atom stereocenters. The number of hydrogen-bond acceptors (Lipinski definition) is 5. The summed E-state index contributed by atoms with van der Waals surface area (Å²) in [5.74, 6) is 1.64. The van der Waals surface area contributed by atoms with Crippen LogP contribution < -0.4 is 0 Å². The van der Waals surface area contributed by atoms with E-state index < -0.39 is 0 Å². The highest BCUT2D eigenvalue weighted by molar-refractivity contribution is 7.98. The number of rotatable bonds is 5. The SMILES string of the molecule is Cc1ccc(-n2c(SCc3csc(C)n3)nnc2-c2cccc(C)c2)cc1. The molecule has 136 valence electrons. The van der Waals surface area contributed by atoms with E-state index in [4.69, 9.17) is 0 Å². The minimum atomic E-state index is 0.780. The van der Waals surface area contributed by atoms with Gasteiger partial charge in [0.2, 0.25) is 0 Å². The van der Waals surface area contributed by atoms with Gasteiger partial charge in [-0.05, 0) is 39.0 Å². The van der Waals surface area contributed by atoms with Crippen molar-refractivity contribution in [2.75, 3.05) is 0 Å². The molecule has 0 amide bonds. The summed E-state index contributed by atoms with van der Waals surface area (Å²) in [6.07, 6.45) is 0. The second-order valence-electron chi connectivity index (χ2n) is 6.49. The number of nitrogens with zero attached hydrogens (tertiary/aromatic N) is 4. The van der Waals surface area contributed by atoms with E-state index in [9.17, 15) is 0 Å². The van der Waals surface area contributed by atoms with E-state index in [-0.39, 0.29) is 0 Å². The monoisotopic (exact) mass is 392 g/mol. The van der Waals surface area contributed by atoms with Crippen molar-refractivity contribution in [3.63, 3.8) is 0 Å². The first-order valence-electron chi connectivity index (χ1n) is 8.73. The van der Waals surface area contributed by atoms with E-state index in [0.29, 0.717) is 0 Å². The van der Waals surface area contributed by atoms with Crippen molar-refractivity contribution in [1.29, 1.82) is 0 Å². The van der Waals surface area contributed by atoms with Crippen molar-refractivity contribution in [1.82, 2.24) is 19.7 Å². The lowest BCUT2D eigenvalue weighted by Crippen LogP contribution is -2.00. The van der Waals surface area contributed by atoms with Crippen LogP contribution in [-0.2, 0) is 5.75 Å². The molecular formula is C21H20N4S2. The molecule has 0 aliphatic rings. The Balaban J connectivity index is 1.75. The number of aryl methyl sites for hydroxylation is 3. The average Bonchev–Trinajstić information content (AvgIpc) is 3.27. The Morgan fingerprint density at radius 2 is 1.78 bits per heavy atom. The van der Waals surface area contributed by atoms with Crippen LogP contribution in [0.15, 0.2) is 59.1 Å². The van der Waals surface area contributed by atoms with Gasteiger partial charge < -0.3 is 0 Å². The Labute approximate surface area is 167 Å². The van der Waals surface area contributed by atoms with Gasteiger partial charge in [-0.25, -0.2) is 4.98 Å². The third kappa shape index (κ3) is 3.96. The molecule has 2 aromatic heterocycles. The van der Waals surface area contributed by atoms with Crippen molar-refractivity contribution in [2.24, 2.45) is 0 Å². The van der Waals surface area contributed by atoms with Crippen LogP contribution in [-0.4, -0.2) is 19.7 Å². The van der Waals surface area contributed by atoms with E-state index in [1.54, 1.807) is 23.1 Å². The molecule has 2 aromatic carbocycles. The third-order valence-electron chi connectivity index (χ3n) is 4.22. The van der Waals surface area contributed by atoms with Crippen molar-refractivity contribution in [3.05, 3.63) is 75.7 Å². The molecule has 0 N–H and O–H groups in total. The molecule has 27 heavy (non-hydrogen) atoms. The number of hydrogen-bond donors (Lipinski definition) is 0. The lowest BCUT2D eigenvalue weighted by atomic mass is 10.1. The van der Waals surface area contributed by atoms with Crippen LogP contribution in [0.25, 0.3) is 17.1 Å². The fourth-order valence-electron chi connectivity index (χ4n) is 2.87. The van der Waals surface area contributed by atoms with Gasteiger partial charge in [0.1, 0.15) is 0 Å². The first-order valence-corrected chi connectivity index (χ1v) is 10.6. The van der Waals surface area contributed by atoms with Crippen molar-refractivity contribution < 1.29 is 0 Å². The second-order valence-corrected chi connectivity index (χ2v) is 8.50. The van der Waals surface area contributed by atoms with Crippen LogP contribution in [0.5, 0.6) is 0 Å². The Bertz CT molecular complexity index is 1060. The van der Waals surface area contributed by atoms with Crippen molar-refractivity contribution in [3.8, 4) is 17.1 Å². The Morgan fingerprint density at radius 1 is 0.963 bits per heavy atom. The molecule has 4 rings (SSSR count).